The predicted molar refractivity (Wildman–Crippen MR) is 58.1 cm³/mol. The molecule has 1 atom stereocenters. The third-order valence-electron chi connectivity index (χ3n) is 2.52. The second-order valence-corrected chi connectivity index (χ2v) is 6.21. The highest BCUT2D eigenvalue weighted by atomic mass is 32.2. The van der Waals surface area contributed by atoms with Crippen molar-refractivity contribution in [1.82, 2.24) is 5.32 Å². The lowest BCUT2D eigenvalue weighted by molar-refractivity contribution is -0.118. The average Bonchev–Trinajstić information content (AvgIpc) is 2.44. The van der Waals surface area contributed by atoms with E-state index in [4.69, 9.17) is 5.73 Å². The minimum atomic E-state index is -2.79. The number of hydrogen-bond acceptors (Lipinski definition) is 4. The van der Waals surface area contributed by atoms with Crippen molar-refractivity contribution >= 4 is 15.7 Å². The molecule has 0 bridgehead atoms. The molecule has 0 spiro atoms. The van der Waals surface area contributed by atoms with Gasteiger partial charge in [0.25, 0.3) is 0 Å². The molecule has 0 aromatic heterocycles. The van der Waals surface area contributed by atoms with E-state index in [1.807, 2.05) is 0 Å². The van der Waals surface area contributed by atoms with Crippen LogP contribution in [0.25, 0.3) is 0 Å². The minimum Gasteiger partial charge on any atom is -0.370 e. The molecular weight excluding hydrogens is 216 g/mol. The van der Waals surface area contributed by atoms with Gasteiger partial charge < -0.3 is 11.1 Å². The fourth-order valence-corrected chi connectivity index (χ4v) is 3.39. The zero-order valence-electron chi connectivity index (χ0n) is 8.74. The Bertz CT molecular complexity index is 313. The highest BCUT2D eigenvalue weighted by Crippen LogP contribution is 2.11. The number of rotatable bonds is 6. The van der Waals surface area contributed by atoms with Crippen LogP contribution in [0.2, 0.25) is 0 Å². The van der Waals surface area contributed by atoms with Gasteiger partial charge in [0, 0.05) is 12.5 Å². The van der Waals surface area contributed by atoms with E-state index in [0.717, 1.165) is 19.4 Å². The summed E-state index contributed by atoms with van der Waals surface area (Å²) in [6.07, 6.45) is 2.74. The summed E-state index contributed by atoms with van der Waals surface area (Å²) in [4.78, 5) is 10.4. The van der Waals surface area contributed by atoms with Crippen molar-refractivity contribution in [3.05, 3.63) is 0 Å². The number of hydrogen-bond donors (Lipinski definition) is 2. The monoisotopic (exact) mass is 234 g/mol. The lowest BCUT2D eigenvalue weighted by Gasteiger charge is -2.09. The Morgan fingerprint density at radius 2 is 2.13 bits per heavy atom. The van der Waals surface area contributed by atoms with Crippen LogP contribution in [0.1, 0.15) is 25.7 Å². The quantitative estimate of drug-likeness (QED) is 0.602. The Balaban J connectivity index is 2.04. The van der Waals surface area contributed by atoms with Crippen molar-refractivity contribution in [2.45, 2.75) is 31.7 Å². The Labute approximate surface area is 90.3 Å². The average molecular weight is 234 g/mol. The molecule has 0 radical (unpaired) electrons. The zero-order valence-corrected chi connectivity index (χ0v) is 9.55. The Hall–Kier alpha value is -0.620. The van der Waals surface area contributed by atoms with Crippen LogP contribution >= 0.6 is 0 Å². The van der Waals surface area contributed by atoms with Gasteiger partial charge in [-0.05, 0) is 25.8 Å². The van der Waals surface area contributed by atoms with Gasteiger partial charge in [0.15, 0.2) is 9.84 Å². The first-order valence-corrected chi connectivity index (χ1v) is 7.04. The van der Waals surface area contributed by atoms with Crippen LogP contribution in [-0.4, -0.2) is 38.4 Å². The van der Waals surface area contributed by atoms with Crippen LogP contribution in [0.3, 0.4) is 0 Å². The Morgan fingerprint density at radius 1 is 1.40 bits per heavy atom. The number of amides is 1. The maximum atomic E-state index is 11.1. The van der Waals surface area contributed by atoms with E-state index in [2.05, 4.69) is 5.32 Å². The van der Waals surface area contributed by atoms with E-state index in [-0.39, 0.29) is 17.7 Å². The molecule has 6 heteroatoms. The van der Waals surface area contributed by atoms with E-state index in [1.165, 1.54) is 0 Å². The minimum absolute atomic E-state index is 0.101. The van der Waals surface area contributed by atoms with Crippen LogP contribution in [0, 0.1) is 0 Å². The summed E-state index contributed by atoms with van der Waals surface area (Å²) in [5, 5.41) is 3.18. The summed E-state index contributed by atoms with van der Waals surface area (Å²) >= 11 is 0. The molecule has 0 aliphatic carbocycles. The number of sulfone groups is 1. The second kappa shape index (κ2) is 5.46. The first-order chi connectivity index (χ1) is 6.99. The maximum absolute atomic E-state index is 11.1. The number of carbonyl (C=O) groups is 1. The third kappa shape index (κ3) is 5.13. The SMILES string of the molecule is NC(=O)CCCCNC1CCS(=O)(=O)C1. The van der Waals surface area contributed by atoms with Crippen molar-refractivity contribution in [2.24, 2.45) is 5.73 Å². The van der Waals surface area contributed by atoms with Crippen LogP contribution in [0.15, 0.2) is 0 Å². The molecule has 5 nitrogen and oxygen atoms in total. The van der Waals surface area contributed by atoms with E-state index in [1.54, 1.807) is 0 Å². The Morgan fingerprint density at radius 3 is 2.67 bits per heavy atom. The van der Waals surface area contributed by atoms with Crippen LogP contribution < -0.4 is 11.1 Å². The smallest absolute Gasteiger partial charge is 0.217 e. The van der Waals surface area contributed by atoms with Crippen molar-refractivity contribution in [1.29, 1.82) is 0 Å². The number of carbonyl (C=O) groups excluding carboxylic acids is 1. The van der Waals surface area contributed by atoms with Gasteiger partial charge in [-0.25, -0.2) is 8.42 Å². The first kappa shape index (κ1) is 12.4. The van der Waals surface area contributed by atoms with Crippen molar-refractivity contribution in [3.8, 4) is 0 Å². The van der Waals surface area contributed by atoms with Crippen molar-refractivity contribution in [3.63, 3.8) is 0 Å². The summed E-state index contributed by atoms with van der Waals surface area (Å²) in [5.41, 5.74) is 4.99. The zero-order chi connectivity index (χ0) is 11.3. The van der Waals surface area contributed by atoms with Gasteiger partial charge in [-0.15, -0.1) is 0 Å². The van der Waals surface area contributed by atoms with Crippen molar-refractivity contribution in [2.75, 3.05) is 18.1 Å². The van der Waals surface area contributed by atoms with Gasteiger partial charge in [-0.3, -0.25) is 4.79 Å². The number of unbranched alkanes of at least 4 members (excludes halogenated alkanes) is 1. The molecule has 1 fully saturated rings. The molecule has 0 aromatic carbocycles. The molecule has 15 heavy (non-hydrogen) atoms. The summed E-state index contributed by atoms with van der Waals surface area (Å²) in [7, 11) is -2.79. The largest absolute Gasteiger partial charge is 0.370 e. The van der Waals surface area contributed by atoms with Gasteiger partial charge in [0.05, 0.1) is 11.5 Å². The van der Waals surface area contributed by atoms with Gasteiger partial charge in [-0.2, -0.15) is 0 Å². The highest BCUT2D eigenvalue weighted by molar-refractivity contribution is 7.91. The molecule has 0 aromatic rings. The van der Waals surface area contributed by atoms with Gasteiger partial charge in [0.1, 0.15) is 0 Å². The van der Waals surface area contributed by atoms with E-state index < -0.39 is 9.84 Å². The standard InChI is InChI=1S/C9H18N2O3S/c10-9(12)3-1-2-5-11-8-4-6-15(13,14)7-8/h8,11H,1-7H2,(H2,10,12). The molecule has 1 heterocycles. The lowest BCUT2D eigenvalue weighted by Crippen LogP contribution is -2.30. The molecule has 1 unspecified atom stereocenters. The highest BCUT2D eigenvalue weighted by Gasteiger charge is 2.26. The summed E-state index contributed by atoms with van der Waals surface area (Å²) in [5.74, 6) is 0.271. The second-order valence-electron chi connectivity index (χ2n) is 3.98. The normalized spacial score (nSPS) is 24.1. The van der Waals surface area contributed by atoms with Gasteiger partial charge in [-0.1, -0.05) is 0 Å². The lowest BCUT2D eigenvalue weighted by atomic mass is 10.2. The molecule has 1 rings (SSSR count). The van der Waals surface area contributed by atoms with Gasteiger partial charge >= 0.3 is 0 Å². The molecular formula is C9H18N2O3S. The summed E-state index contributed by atoms with van der Waals surface area (Å²) in [6.45, 7) is 0.757. The third-order valence-corrected chi connectivity index (χ3v) is 4.28. The fraction of sp³-hybridized carbons (Fsp3) is 0.889. The molecule has 1 amide bonds. The molecule has 1 saturated heterocycles. The molecule has 3 N–H and O–H groups in total. The molecule has 88 valence electrons. The van der Waals surface area contributed by atoms with E-state index in [9.17, 15) is 13.2 Å². The summed E-state index contributed by atoms with van der Waals surface area (Å²) in [6, 6.07) is 0.101. The van der Waals surface area contributed by atoms with Gasteiger partial charge in [0.2, 0.25) is 5.91 Å². The Kier molecular flexibility index (Phi) is 4.53. The number of nitrogens with two attached hydrogens (primary N) is 1. The predicted octanol–water partition coefficient (Wildman–Crippen LogP) is -0.581. The number of primary amides is 1. The number of nitrogens with one attached hydrogen (secondary N) is 1. The van der Waals surface area contributed by atoms with E-state index in [0.29, 0.717) is 18.6 Å². The van der Waals surface area contributed by atoms with Crippen LogP contribution in [0.4, 0.5) is 0 Å². The molecule has 1 aliphatic rings. The molecule has 0 saturated carbocycles. The first-order valence-electron chi connectivity index (χ1n) is 5.22. The maximum Gasteiger partial charge on any atom is 0.217 e. The fourth-order valence-electron chi connectivity index (χ4n) is 1.69. The van der Waals surface area contributed by atoms with Crippen LogP contribution in [0.5, 0.6) is 0 Å². The van der Waals surface area contributed by atoms with E-state index >= 15 is 0 Å². The molecule has 1 aliphatic heterocycles. The topological polar surface area (TPSA) is 89.3 Å². The van der Waals surface area contributed by atoms with Crippen LogP contribution in [-0.2, 0) is 14.6 Å². The summed E-state index contributed by atoms with van der Waals surface area (Å²) < 4.78 is 22.2. The van der Waals surface area contributed by atoms with Crippen molar-refractivity contribution < 1.29 is 13.2 Å².